The van der Waals surface area contributed by atoms with Gasteiger partial charge in [0, 0.05) is 36.7 Å². The lowest BCUT2D eigenvalue weighted by molar-refractivity contribution is -0.134. The molecule has 4 heteroatoms. The highest BCUT2D eigenvalue weighted by Crippen LogP contribution is 2.32. The van der Waals surface area contributed by atoms with Crippen molar-refractivity contribution in [3.8, 4) is 0 Å². The minimum atomic E-state index is -0.156. The van der Waals surface area contributed by atoms with E-state index in [-0.39, 0.29) is 11.9 Å². The van der Waals surface area contributed by atoms with E-state index in [1.165, 1.54) is 6.07 Å². The Balaban J connectivity index is 1.57. The average Bonchev–Trinajstić information content (AvgIpc) is 3.33. The molecule has 1 amide bonds. The summed E-state index contributed by atoms with van der Waals surface area (Å²) < 4.78 is 13.9. The molecule has 0 bridgehead atoms. The summed E-state index contributed by atoms with van der Waals surface area (Å²) in [6, 6.07) is 7.25. The van der Waals surface area contributed by atoms with Crippen molar-refractivity contribution < 1.29 is 9.18 Å². The number of nitrogens with one attached hydrogen (secondary N) is 1. The molecule has 2 fully saturated rings. The van der Waals surface area contributed by atoms with Gasteiger partial charge in [-0.1, -0.05) is 25.1 Å². The highest BCUT2D eigenvalue weighted by Gasteiger charge is 2.37. The molecule has 3 atom stereocenters. The Kier molecular flexibility index (Phi) is 4.48. The van der Waals surface area contributed by atoms with Gasteiger partial charge in [-0.05, 0) is 38.2 Å². The van der Waals surface area contributed by atoms with Gasteiger partial charge < -0.3 is 10.2 Å². The molecule has 0 aromatic heterocycles. The Morgan fingerprint density at radius 3 is 2.68 bits per heavy atom. The van der Waals surface area contributed by atoms with Gasteiger partial charge in [0.2, 0.25) is 5.91 Å². The molecule has 1 saturated carbocycles. The molecular formula is C18H25FN2O. The summed E-state index contributed by atoms with van der Waals surface area (Å²) >= 11 is 0. The van der Waals surface area contributed by atoms with Crippen molar-refractivity contribution in [3.63, 3.8) is 0 Å². The van der Waals surface area contributed by atoms with Gasteiger partial charge in [0.25, 0.3) is 0 Å². The fourth-order valence-electron chi connectivity index (χ4n) is 3.42. The van der Waals surface area contributed by atoms with Crippen molar-refractivity contribution in [2.24, 2.45) is 11.8 Å². The molecule has 1 saturated heterocycles. The second-order valence-corrected chi connectivity index (χ2v) is 6.84. The van der Waals surface area contributed by atoms with Crippen LogP contribution in [0.5, 0.6) is 0 Å². The van der Waals surface area contributed by atoms with E-state index < -0.39 is 0 Å². The van der Waals surface area contributed by atoms with Gasteiger partial charge in [-0.2, -0.15) is 0 Å². The highest BCUT2D eigenvalue weighted by atomic mass is 19.1. The Morgan fingerprint density at radius 2 is 2.05 bits per heavy atom. The molecule has 1 aliphatic carbocycles. The molecular weight excluding hydrogens is 279 g/mol. The third-order valence-corrected chi connectivity index (χ3v) is 4.98. The largest absolute Gasteiger partial charge is 0.342 e. The first-order valence-electron chi connectivity index (χ1n) is 8.35. The lowest BCUT2D eigenvalue weighted by atomic mass is 9.92. The second-order valence-electron chi connectivity index (χ2n) is 6.84. The Labute approximate surface area is 131 Å². The molecule has 1 N–H and O–H groups in total. The molecule has 3 rings (SSSR count). The van der Waals surface area contributed by atoms with Gasteiger partial charge in [-0.15, -0.1) is 0 Å². The first-order chi connectivity index (χ1) is 10.6. The lowest BCUT2D eigenvalue weighted by Crippen LogP contribution is -2.51. The molecule has 0 spiro atoms. The van der Waals surface area contributed by atoms with Gasteiger partial charge in [0.15, 0.2) is 0 Å². The van der Waals surface area contributed by atoms with Gasteiger partial charge in [-0.3, -0.25) is 4.79 Å². The van der Waals surface area contributed by atoms with Crippen molar-refractivity contribution in [1.29, 1.82) is 0 Å². The van der Waals surface area contributed by atoms with Crippen LogP contribution in [0.4, 0.5) is 4.39 Å². The molecule has 0 unspecified atom stereocenters. The lowest BCUT2D eigenvalue weighted by Gasteiger charge is -2.39. The monoisotopic (exact) mass is 304 g/mol. The molecule has 2 aliphatic rings. The molecule has 1 aromatic carbocycles. The summed E-state index contributed by atoms with van der Waals surface area (Å²) in [7, 11) is 0. The molecule has 1 heterocycles. The van der Waals surface area contributed by atoms with Gasteiger partial charge in [0.05, 0.1) is 0 Å². The van der Waals surface area contributed by atoms with Crippen molar-refractivity contribution in [2.75, 3.05) is 13.1 Å². The number of benzene rings is 1. The van der Waals surface area contributed by atoms with E-state index in [0.717, 1.165) is 32.4 Å². The number of nitrogens with zero attached hydrogens (tertiary/aromatic N) is 1. The number of amides is 1. The molecule has 22 heavy (non-hydrogen) atoms. The van der Waals surface area contributed by atoms with Gasteiger partial charge >= 0.3 is 0 Å². The molecule has 0 radical (unpaired) electrons. The zero-order chi connectivity index (χ0) is 15.7. The maximum absolute atomic E-state index is 13.9. The maximum atomic E-state index is 13.9. The SMILES string of the molecule is C[C@H](N[C@H]1CCN(C(=O)C2CC2)C[C@@H]1C)c1ccccc1F. The highest BCUT2D eigenvalue weighted by molar-refractivity contribution is 5.81. The molecule has 1 aliphatic heterocycles. The zero-order valence-electron chi connectivity index (χ0n) is 13.4. The summed E-state index contributed by atoms with van der Waals surface area (Å²) in [6.07, 6.45) is 3.07. The number of carbonyl (C=O) groups is 1. The van der Waals surface area contributed by atoms with E-state index in [9.17, 15) is 9.18 Å². The Bertz CT molecular complexity index is 544. The summed E-state index contributed by atoms with van der Waals surface area (Å²) in [6.45, 7) is 5.82. The van der Waals surface area contributed by atoms with E-state index in [0.29, 0.717) is 29.3 Å². The summed E-state index contributed by atoms with van der Waals surface area (Å²) in [5.41, 5.74) is 0.714. The van der Waals surface area contributed by atoms with Crippen LogP contribution in [0.15, 0.2) is 24.3 Å². The van der Waals surface area contributed by atoms with E-state index >= 15 is 0 Å². The average molecular weight is 304 g/mol. The van der Waals surface area contributed by atoms with E-state index in [4.69, 9.17) is 0 Å². The number of hydrogen-bond acceptors (Lipinski definition) is 2. The number of halogens is 1. The standard InChI is InChI=1S/C18H25FN2O/c1-12-11-21(18(22)14-7-8-14)10-9-17(12)20-13(2)15-5-3-4-6-16(15)19/h3-6,12-14,17,20H,7-11H2,1-2H3/t12-,13-,17-/m0/s1. The third-order valence-electron chi connectivity index (χ3n) is 4.98. The van der Waals surface area contributed by atoms with Crippen molar-refractivity contribution in [2.45, 2.75) is 45.2 Å². The normalized spacial score (nSPS) is 26.8. The first-order valence-corrected chi connectivity index (χ1v) is 8.35. The predicted molar refractivity (Wildman–Crippen MR) is 84.8 cm³/mol. The summed E-state index contributed by atoms with van der Waals surface area (Å²) in [5.74, 6) is 0.878. The molecule has 1 aromatic rings. The van der Waals surface area contributed by atoms with Crippen LogP contribution in [0.1, 0.15) is 44.7 Å². The fraction of sp³-hybridized carbons (Fsp3) is 0.611. The Hall–Kier alpha value is -1.42. The molecule has 3 nitrogen and oxygen atoms in total. The van der Waals surface area contributed by atoms with E-state index in [1.54, 1.807) is 6.07 Å². The fourth-order valence-corrected chi connectivity index (χ4v) is 3.42. The molecule has 120 valence electrons. The predicted octanol–water partition coefficient (Wildman–Crippen LogP) is 3.12. The van der Waals surface area contributed by atoms with Crippen LogP contribution < -0.4 is 5.32 Å². The smallest absolute Gasteiger partial charge is 0.225 e. The van der Waals surface area contributed by atoms with E-state index in [2.05, 4.69) is 12.2 Å². The van der Waals surface area contributed by atoms with Crippen molar-refractivity contribution in [1.82, 2.24) is 10.2 Å². The number of hydrogen-bond donors (Lipinski definition) is 1. The summed E-state index contributed by atoms with van der Waals surface area (Å²) in [5, 5.41) is 3.55. The minimum absolute atomic E-state index is 0.0145. The van der Waals surface area contributed by atoms with Crippen molar-refractivity contribution in [3.05, 3.63) is 35.6 Å². The van der Waals surface area contributed by atoms with Gasteiger partial charge in [0.1, 0.15) is 5.82 Å². The van der Waals surface area contributed by atoms with Crippen molar-refractivity contribution >= 4 is 5.91 Å². The van der Waals surface area contributed by atoms with Crippen LogP contribution in [-0.2, 0) is 4.79 Å². The zero-order valence-corrected chi connectivity index (χ0v) is 13.4. The van der Waals surface area contributed by atoms with Crippen LogP contribution in [0, 0.1) is 17.7 Å². The van der Waals surface area contributed by atoms with Crippen LogP contribution >= 0.6 is 0 Å². The quantitative estimate of drug-likeness (QED) is 0.927. The van der Waals surface area contributed by atoms with Crippen LogP contribution in [0.25, 0.3) is 0 Å². The number of carbonyl (C=O) groups excluding carboxylic acids is 1. The van der Waals surface area contributed by atoms with Crippen LogP contribution in [0.3, 0.4) is 0 Å². The summed E-state index contributed by atoms with van der Waals surface area (Å²) in [4.78, 5) is 14.2. The van der Waals surface area contributed by atoms with Crippen LogP contribution in [-0.4, -0.2) is 29.9 Å². The maximum Gasteiger partial charge on any atom is 0.225 e. The third kappa shape index (κ3) is 3.32. The number of piperidine rings is 1. The minimum Gasteiger partial charge on any atom is -0.342 e. The number of likely N-dealkylation sites (tertiary alicyclic amines) is 1. The first kappa shape index (κ1) is 15.5. The van der Waals surface area contributed by atoms with E-state index in [1.807, 2.05) is 24.0 Å². The Morgan fingerprint density at radius 1 is 1.32 bits per heavy atom. The number of rotatable bonds is 4. The second kappa shape index (κ2) is 6.37. The van der Waals surface area contributed by atoms with Crippen LogP contribution in [0.2, 0.25) is 0 Å². The topological polar surface area (TPSA) is 32.3 Å². The van der Waals surface area contributed by atoms with Gasteiger partial charge in [-0.25, -0.2) is 4.39 Å².